The lowest BCUT2D eigenvalue weighted by atomic mass is 10.2. The van der Waals surface area contributed by atoms with Gasteiger partial charge < -0.3 is 8.98 Å². The van der Waals surface area contributed by atoms with Gasteiger partial charge in [-0.3, -0.25) is 0 Å². The number of benzene rings is 1. The molecule has 0 bridgehead atoms. The molecule has 3 aromatic heterocycles. The van der Waals surface area contributed by atoms with Crippen molar-refractivity contribution < 1.29 is 12.8 Å². The first kappa shape index (κ1) is 18.1. The third-order valence-corrected chi connectivity index (χ3v) is 7.22. The van der Waals surface area contributed by atoms with E-state index in [0.29, 0.717) is 36.0 Å². The van der Waals surface area contributed by atoms with Crippen molar-refractivity contribution in [2.45, 2.75) is 24.3 Å². The average Bonchev–Trinajstić information content (AvgIpc) is 3.46. The Balaban J connectivity index is 1.53. The van der Waals surface area contributed by atoms with Crippen molar-refractivity contribution in [3.63, 3.8) is 0 Å². The number of sulfonamides is 1. The van der Waals surface area contributed by atoms with E-state index in [4.69, 9.17) is 9.40 Å². The normalized spacial score (nSPS) is 17.9. The predicted molar refractivity (Wildman–Crippen MR) is 109 cm³/mol. The van der Waals surface area contributed by atoms with E-state index in [1.165, 1.54) is 0 Å². The number of pyridine rings is 1. The Morgan fingerprint density at radius 3 is 2.69 bits per heavy atom. The van der Waals surface area contributed by atoms with Crippen LogP contribution in [-0.4, -0.2) is 40.3 Å². The zero-order valence-corrected chi connectivity index (χ0v) is 16.7. The largest absolute Gasteiger partial charge is 0.461 e. The molecule has 1 fully saturated rings. The number of hydrogen-bond acceptors (Lipinski definition) is 5. The fourth-order valence-corrected chi connectivity index (χ4v) is 5.35. The highest BCUT2D eigenvalue weighted by Gasteiger charge is 2.35. The molecule has 29 heavy (non-hydrogen) atoms. The molecule has 8 heteroatoms. The molecule has 7 nitrogen and oxygen atoms in total. The highest BCUT2D eigenvalue weighted by atomic mass is 32.2. The van der Waals surface area contributed by atoms with E-state index in [2.05, 4.69) is 4.98 Å². The molecule has 0 radical (unpaired) electrons. The van der Waals surface area contributed by atoms with E-state index in [0.717, 1.165) is 16.7 Å². The van der Waals surface area contributed by atoms with Gasteiger partial charge in [-0.2, -0.15) is 4.31 Å². The number of rotatable bonds is 4. The summed E-state index contributed by atoms with van der Waals surface area (Å²) in [5.41, 5.74) is 2.53. The predicted octanol–water partition coefficient (Wildman–Crippen LogP) is 3.64. The van der Waals surface area contributed by atoms with Crippen LogP contribution in [0.2, 0.25) is 0 Å². The Labute approximate surface area is 168 Å². The van der Waals surface area contributed by atoms with Gasteiger partial charge in [-0.1, -0.05) is 17.7 Å². The Hall–Kier alpha value is -2.97. The van der Waals surface area contributed by atoms with Crippen molar-refractivity contribution in [1.29, 1.82) is 0 Å². The third-order valence-electron chi connectivity index (χ3n) is 5.34. The van der Waals surface area contributed by atoms with Crippen LogP contribution in [0.5, 0.6) is 0 Å². The smallest absolute Gasteiger partial charge is 0.243 e. The molecular weight excluding hydrogens is 388 g/mol. The molecule has 5 rings (SSSR count). The number of fused-ring (bicyclic) bond motifs is 1. The summed E-state index contributed by atoms with van der Waals surface area (Å²) < 4.78 is 35.3. The summed E-state index contributed by atoms with van der Waals surface area (Å²) in [6.07, 6.45) is 4.01. The third kappa shape index (κ3) is 3.04. The molecule has 0 aliphatic carbocycles. The zero-order valence-electron chi connectivity index (χ0n) is 15.9. The fraction of sp³-hybridized carbons (Fsp3) is 0.238. The zero-order chi connectivity index (χ0) is 20.0. The van der Waals surface area contributed by atoms with Crippen molar-refractivity contribution >= 4 is 21.2 Å². The standard InChI is InChI=1S/C21H20N4O3S/c1-15-6-8-17(9-7-15)29(26,27)24-12-10-16(14-24)25-20-18(4-2-11-22-20)23-21(25)19-5-3-13-28-19/h2-9,11,13,16H,10,12,14H2,1H3. The monoisotopic (exact) mass is 408 g/mol. The topological polar surface area (TPSA) is 81.2 Å². The lowest BCUT2D eigenvalue weighted by Crippen LogP contribution is -2.29. The van der Waals surface area contributed by atoms with Crippen molar-refractivity contribution in [1.82, 2.24) is 18.8 Å². The number of hydrogen-bond donors (Lipinski definition) is 0. The van der Waals surface area contributed by atoms with Crippen LogP contribution in [0, 0.1) is 6.92 Å². The van der Waals surface area contributed by atoms with E-state index in [9.17, 15) is 8.42 Å². The van der Waals surface area contributed by atoms with Crippen LogP contribution in [0.4, 0.5) is 0 Å². The summed E-state index contributed by atoms with van der Waals surface area (Å²) >= 11 is 0. The number of aromatic nitrogens is 3. The van der Waals surface area contributed by atoms with Crippen LogP contribution in [0.3, 0.4) is 0 Å². The summed E-state index contributed by atoms with van der Waals surface area (Å²) in [6, 6.07) is 14.3. The van der Waals surface area contributed by atoms with Crippen LogP contribution in [-0.2, 0) is 10.0 Å². The Morgan fingerprint density at radius 1 is 1.10 bits per heavy atom. The van der Waals surface area contributed by atoms with Crippen molar-refractivity contribution in [3.8, 4) is 11.6 Å². The van der Waals surface area contributed by atoms with Gasteiger partial charge in [0.1, 0.15) is 5.52 Å². The van der Waals surface area contributed by atoms with Crippen LogP contribution >= 0.6 is 0 Å². The van der Waals surface area contributed by atoms with Crippen molar-refractivity contribution in [2.24, 2.45) is 0 Å². The lowest BCUT2D eigenvalue weighted by Gasteiger charge is -2.18. The molecule has 1 saturated heterocycles. The van der Waals surface area contributed by atoms with Crippen molar-refractivity contribution in [3.05, 3.63) is 66.6 Å². The Kier molecular flexibility index (Phi) is 4.25. The number of aryl methyl sites for hydroxylation is 1. The van der Waals surface area contributed by atoms with E-state index in [1.54, 1.807) is 28.9 Å². The number of furan rings is 1. The molecule has 1 unspecified atom stereocenters. The minimum absolute atomic E-state index is 0.0739. The van der Waals surface area contributed by atoms with Crippen LogP contribution < -0.4 is 0 Å². The highest BCUT2D eigenvalue weighted by Crippen LogP contribution is 2.34. The first-order valence-corrected chi connectivity index (χ1v) is 10.9. The molecule has 1 aromatic carbocycles. The lowest BCUT2D eigenvalue weighted by molar-refractivity contribution is 0.453. The second kappa shape index (κ2) is 6.82. The minimum Gasteiger partial charge on any atom is -0.461 e. The molecule has 1 aliphatic rings. The number of imidazole rings is 1. The van der Waals surface area contributed by atoms with Crippen LogP contribution in [0.15, 0.2) is 70.3 Å². The van der Waals surface area contributed by atoms with E-state index < -0.39 is 10.0 Å². The van der Waals surface area contributed by atoms with Gasteiger partial charge in [-0.05, 0) is 49.7 Å². The van der Waals surface area contributed by atoms with Crippen molar-refractivity contribution in [2.75, 3.05) is 13.1 Å². The molecule has 0 N–H and O–H groups in total. The fourth-order valence-electron chi connectivity index (χ4n) is 3.85. The van der Waals surface area contributed by atoms with E-state index in [-0.39, 0.29) is 6.04 Å². The van der Waals surface area contributed by atoms with Crippen LogP contribution in [0.1, 0.15) is 18.0 Å². The summed E-state index contributed by atoms with van der Waals surface area (Å²) in [7, 11) is -3.54. The summed E-state index contributed by atoms with van der Waals surface area (Å²) in [4.78, 5) is 9.52. The molecule has 0 spiro atoms. The summed E-state index contributed by atoms with van der Waals surface area (Å²) in [6.45, 7) is 2.76. The van der Waals surface area contributed by atoms with E-state index in [1.807, 2.05) is 47.9 Å². The maximum atomic E-state index is 13.1. The van der Waals surface area contributed by atoms with Crippen LogP contribution in [0.25, 0.3) is 22.7 Å². The van der Waals surface area contributed by atoms with E-state index >= 15 is 0 Å². The highest BCUT2D eigenvalue weighted by molar-refractivity contribution is 7.89. The van der Waals surface area contributed by atoms with Gasteiger partial charge in [0.15, 0.2) is 17.2 Å². The molecule has 1 atom stereocenters. The Bertz CT molecular complexity index is 1260. The Morgan fingerprint density at radius 2 is 1.93 bits per heavy atom. The summed E-state index contributed by atoms with van der Waals surface area (Å²) in [5.74, 6) is 1.31. The maximum absolute atomic E-state index is 13.1. The summed E-state index contributed by atoms with van der Waals surface area (Å²) in [5, 5.41) is 0. The minimum atomic E-state index is -3.54. The van der Waals surface area contributed by atoms with Gasteiger partial charge in [-0.15, -0.1) is 0 Å². The van der Waals surface area contributed by atoms with Gasteiger partial charge in [0, 0.05) is 19.3 Å². The maximum Gasteiger partial charge on any atom is 0.243 e. The second-order valence-corrected chi connectivity index (χ2v) is 9.19. The molecule has 0 amide bonds. The molecule has 0 saturated carbocycles. The van der Waals surface area contributed by atoms with Gasteiger partial charge in [0.25, 0.3) is 0 Å². The molecule has 148 valence electrons. The van der Waals surface area contributed by atoms with Gasteiger partial charge in [0.2, 0.25) is 10.0 Å². The van der Waals surface area contributed by atoms with Gasteiger partial charge >= 0.3 is 0 Å². The average molecular weight is 408 g/mol. The molecule has 1 aliphatic heterocycles. The second-order valence-electron chi connectivity index (χ2n) is 7.25. The molecule has 4 aromatic rings. The van der Waals surface area contributed by atoms with Gasteiger partial charge in [-0.25, -0.2) is 18.4 Å². The van der Waals surface area contributed by atoms with Gasteiger partial charge in [0.05, 0.1) is 17.2 Å². The molecular formula is C21H20N4O3S. The number of nitrogens with zero attached hydrogens (tertiary/aromatic N) is 4. The first-order valence-electron chi connectivity index (χ1n) is 9.48. The SMILES string of the molecule is Cc1ccc(S(=O)(=O)N2CCC(n3c(-c4ccco4)nc4cccnc43)C2)cc1. The molecule has 4 heterocycles. The first-order chi connectivity index (χ1) is 14.0. The quantitative estimate of drug-likeness (QED) is 0.515.